The van der Waals surface area contributed by atoms with Gasteiger partial charge in [-0.25, -0.2) is 4.79 Å². The average molecular weight is 474 g/mol. The Morgan fingerprint density at radius 1 is 0.727 bits per heavy atom. The Hall–Kier alpha value is -2.77. The van der Waals surface area contributed by atoms with Crippen molar-refractivity contribution in [2.45, 2.75) is 82.5 Å². The van der Waals surface area contributed by atoms with Gasteiger partial charge in [0.1, 0.15) is 18.1 Å². The van der Waals surface area contributed by atoms with E-state index in [-0.39, 0.29) is 25.7 Å². The molecule has 0 aromatic rings. The van der Waals surface area contributed by atoms with Crippen LogP contribution in [0.15, 0.2) is 0 Å². The van der Waals surface area contributed by atoms with Gasteiger partial charge in [-0.05, 0) is 65.0 Å². The Morgan fingerprint density at radius 2 is 1.15 bits per heavy atom. The molecule has 0 bridgehead atoms. The molecule has 13 heteroatoms. The summed E-state index contributed by atoms with van der Waals surface area (Å²) in [7, 11) is 0. The monoisotopic (exact) mass is 473 g/mol. The van der Waals surface area contributed by atoms with Crippen LogP contribution in [0.2, 0.25) is 0 Å². The molecule has 0 saturated carbocycles. The largest absolute Gasteiger partial charge is 0.480 e. The first-order chi connectivity index (χ1) is 15.5. The van der Waals surface area contributed by atoms with Gasteiger partial charge in [-0.3, -0.25) is 19.2 Å². The molecule has 12 N–H and O–H groups in total. The topological polar surface area (TPSA) is 246 Å². The van der Waals surface area contributed by atoms with Crippen molar-refractivity contribution in [1.29, 1.82) is 0 Å². The number of hydrogen-bond acceptors (Lipinski definition) is 8. The summed E-state index contributed by atoms with van der Waals surface area (Å²) in [4.78, 5) is 60.3. The molecule has 0 aromatic heterocycles. The first kappa shape index (κ1) is 30.2. The molecule has 4 unspecified atom stereocenters. The number of carboxylic acids is 1. The molecule has 0 spiro atoms. The molecule has 190 valence electrons. The van der Waals surface area contributed by atoms with Crippen LogP contribution in [0, 0.1) is 0 Å². The van der Waals surface area contributed by atoms with Crippen molar-refractivity contribution in [1.82, 2.24) is 16.0 Å². The summed E-state index contributed by atoms with van der Waals surface area (Å²) in [5.74, 6) is -3.87. The van der Waals surface area contributed by atoms with E-state index in [4.69, 9.17) is 22.9 Å². The van der Waals surface area contributed by atoms with Gasteiger partial charge in [0.15, 0.2) is 0 Å². The fraction of sp³-hybridized carbons (Fsp3) is 0.750. The minimum absolute atomic E-state index is 0.0897. The summed E-state index contributed by atoms with van der Waals surface area (Å²) in [5, 5.41) is 16.8. The molecule has 0 saturated heterocycles. The van der Waals surface area contributed by atoms with Crippen LogP contribution in [-0.4, -0.2) is 72.0 Å². The van der Waals surface area contributed by atoms with Crippen LogP contribution < -0.4 is 38.9 Å². The SMILES string of the molecule is CC(N)C(=O)NC(CCC(N)=O)C(=O)NC(CCCCN)C(=O)NC(CCCCN)C(=O)O. The fourth-order valence-corrected chi connectivity index (χ4v) is 2.91. The van der Waals surface area contributed by atoms with Gasteiger partial charge in [-0.2, -0.15) is 0 Å². The summed E-state index contributed by atoms with van der Waals surface area (Å²) < 4.78 is 0. The normalized spacial score (nSPS) is 14.4. The van der Waals surface area contributed by atoms with Crippen LogP contribution in [-0.2, 0) is 24.0 Å². The number of nitrogens with one attached hydrogen (secondary N) is 3. The highest BCUT2D eigenvalue weighted by Crippen LogP contribution is 2.07. The van der Waals surface area contributed by atoms with Crippen molar-refractivity contribution in [3.63, 3.8) is 0 Å². The van der Waals surface area contributed by atoms with Gasteiger partial charge in [0.05, 0.1) is 6.04 Å². The minimum atomic E-state index is -1.20. The Morgan fingerprint density at radius 3 is 1.58 bits per heavy atom. The molecule has 4 atom stereocenters. The summed E-state index contributed by atoms with van der Waals surface area (Å²) in [6.07, 6.45) is 2.33. The lowest BCUT2D eigenvalue weighted by Crippen LogP contribution is -2.57. The highest BCUT2D eigenvalue weighted by Gasteiger charge is 2.29. The van der Waals surface area contributed by atoms with Gasteiger partial charge in [-0.15, -0.1) is 0 Å². The number of amides is 4. The second-order valence-electron chi connectivity index (χ2n) is 7.88. The summed E-state index contributed by atoms with van der Waals surface area (Å²) in [5.41, 5.74) is 21.6. The van der Waals surface area contributed by atoms with Gasteiger partial charge in [0.2, 0.25) is 23.6 Å². The van der Waals surface area contributed by atoms with Crippen LogP contribution >= 0.6 is 0 Å². The van der Waals surface area contributed by atoms with E-state index < -0.39 is 53.8 Å². The zero-order valence-corrected chi connectivity index (χ0v) is 19.2. The maximum absolute atomic E-state index is 12.8. The quantitative estimate of drug-likeness (QED) is 0.0970. The van der Waals surface area contributed by atoms with Crippen LogP contribution in [0.25, 0.3) is 0 Å². The first-order valence-corrected chi connectivity index (χ1v) is 11.1. The molecule has 0 radical (unpaired) electrons. The Bertz CT molecular complexity index is 659. The molecule has 0 fully saturated rings. The molecule has 0 aliphatic heterocycles. The molecule has 0 aromatic carbocycles. The predicted octanol–water partition coefficient (Wildman–Crippen LogP) is -2.60. The highest BCUT2D eigenvalue weighted by atomic mass is 16.4. The lowest BCUT2D eigenvalue weighted by atomic mass is 10.0. The van der Waals surface area contributed by atoms with E-state index in [9.17, 15) is 29.1 Å². The van der Waals surface area contributed by atoms with Crippen molar-refractivity contribution >= 4 is 29.6 Å². The third-order valence-corrected chi connectivity index (χ3v) is 4.87. The number of carbonyl (C=O) groups is 5. The Kier molecular flexibility index (Phi) is 15.4. The van der Waals surface area contributed by atoms with Crippen molar-refractivity contribution < 1.29 is 29.1 Å². The van der Waals surface area contributed by atoms with Gasteiger partial charge < -0.3 is 44.0 Å². The lowest BCUT2D eigenvalue weighted by Gasteiger charge is -2.25. The zero-order chi connectivity index (χ0) is 25.4. The van der Waals surface area contributed by atoms with Crippen molar-refractivity contribution in [2.24, 2.45) is 22.9 Å². The van der Waals surface area contributed by atoms with Gasteiger partial charge >= 0.3 is 5.97 Å². The molecule has 13 nitrogen and oxygen atoms in total. The third kappa shape index (κ3) is 13.4. The maximum atomic E-state index is 12.8. The van der Waals surface area contributed by atoms with Gasteiger partial charge in [-0.1, -0.05) is 0 Å². The van der Waals surface area contributed by atoms with E-state index in [0.29, 0.717) is 38.8 Å². The number of aliphatic carboxylic acids is 1. The Labute approximate surface area is 193 Å². The molecular formula is C20H39N7O6. The summed E-state index contributed by atoms with van der Waals surface area (Å²) in [6.45, 7) is 2.21. The number of carboxylic acid groups (broad SMARTS) is 1. The van der Waals surface area contributed by atoms with E-state index >= 15 is 0 Å². The molecule has 0 aliphatic rings. The van der Waals surface area contributed by atoms with Crippen LogP contribution in [0.1, 0.15) is 58.3 Å². The van der Waals surface area contributed by atoms with E-state index in [2.05, 4.69) is 16.0 Å². The van der Waals surface area contributed by atoms with Crippen LogP contribution in [0.3, 0.4) is 0 Å². The van der Waals surface area contributed by atoms with E-state index in [1.165, 1.54) is 6.92 Å². The summed E-state index contributed by atoms with van der Waals surface area (Å²) in [6, 6.07) is -4.26. The number of nitrogens with two attached hydrogens (primary N) is 4. The van der Waals surface area contributed by atoms with E-state index in [0.717, 1.165) is 0 Å². The fourth-order valence-electron chi connectivity index (χ4n) is 2.91. The van der Waals surface area contributed by atoms with E-state index in [1.807, 2.05) is 0 Å². The lowest BCUT2D eigenvalue weighted by molar-refractivity contribution is -0.142. The number of carbonyl (C=O) groups excluding carboxylic acids is 4. The number of hydrogen-bond donors (Lipinski definition) is 8. The van der Waals surface area contributed by atoms with Gasteiger partial charge in [0.25, 0.3) is 0 Å². The molecule has 33 heavy (non-hydrogen) atoms. The maximum Gasteiger partial charge on any atom is 0.326 e. The second kappa shape index (κ2) is 16.8. The first-order valence-electron chi connectivity index (χ1n) is 11.1. The molecule has 0 rings (SSSR count). The van der Waals surface area contributed by atoms with Gasteiger partial charge in [0, 0.05) is 6.42 Å². The smallest absolute Gasteiger partial charge is 0.326 e. The minimum Gasteiger partial charge on any atom is -0.480 e. The molecule has 0 aliphatic carbocycles. The Balaban J connectivity index is 5.42. The molecule has 0 heterocycles. The standard InChI is InChI=1S/C20H39N7O6/c1-12(23)17(29)25-14(8-9-16(24)28)19(31)26-13(6-2-4-10-21)18(30)27-15(20(32)33)7-3-5-11-22/h12-15H,2-11,21-23H2,1H3,(H2,24,28)(H,25,29)(H,26,31)(H,27,30)(H,32,33). The predicted molar refractivity (Wildman–Crippen MR) is 121 cm³/mol. The molecule has 4 amide bonds. The zero-order valence-electron chi connectivity index (χ0n) is 19.2. The van der Waals surface area contributed by atoms with Crippen molar-refractivity contribution in [3.8, 4) is 0 Å². The summed E-state index contributed by atoms with van der Waals surface area (Å²) >= 11 is 0. The number of primary amides is 1. The van der Waals surface area contributed by atoms with E-state index in [1.54, 1.807) is 0 Å². The van der Waals surface area contributed by atoms with Crippen molar-refractivity contribution in [2.75, 3.05) is 13.1 Å². The second-order valence-corrected chi connectivity index (χ2v) is 7.88. The van der Waals surface area contributed by atoms with Crippen LogP contribution in [0.4, 0.5) is 0 Å². The number of unbranched alkanes of at least 4 members (excludes halogenated alkanes) is 2. The number of rotatable bonds is 18. The third-order valence-electron chi connectivity index (χ3n) is 4.87. The van der Waals surface area contributed by atoms with Crippen LogP contribution in [0.5, 0.6) is 0 Å². The average Bonchev–Trinajstić information content (AvgIpc) is 2.74. The van der Waals surface area contributed by atoms with Crippen molar-refractivity contribution in [3.05, 3.63) is 0 Å². The highest BCUT2D eigenvalue weighted by molar-refractivity contribution is 5.94. The molecular weight excluding hydrogens is 434 g/mol.